The first-order valence-electron chi connectivity index (χ1n) is 4.99. The van der Waals surface area contributed by atoms with E-state index < -0.39 is 0 Å². The summed E-state index contributed by atoms with van der Waals surface area (Å²) in [6.07, 6.45) is 0. The predicted molar refractivity (Wildman–Crippen MR) is 59.8 cm³/mol. The second kappa shape index (κ2) is 4.34. The number of amides is 1. The Morgan fingerprint density at radius 1 is 1.40 bits per heavy atom. The average Bonchev–Trinajstić information content (AvgIpc) is 2.09. The molecule has 2 N–H and O–H groups in total. The molecule has 1 unspecified atom stereocenters. The second-order valence-electron chi connectivity index (χ2n) is 3.94. The van der Waals surface area contributed by atoms with Crippen LogP contribution in [0, 0.1) is 13.8 Å². The summed E-state index contributed by atoms with van der Waals surface area (Å²) in [6.45, 7) is 7.15. The average molecular weight is 207 g/mol. The van der Waals surface area contributed by atoms with Gasteiger partial charge in [-0.1, -0.05) is 17.7 Å². The number of carbonyl (C=O) groups excluding carboxylic acids is 1. The summed E-state index contributed by atoms with van der Waals surface area (Å²) in [5, 5.41) is 12.6. The van der Waals surface area contributed by atoms with E-state index in [4.69, 9.17) is 0 Å². The number of phenols is 1. The van der Waals surface area contributed by atoms with Crippen molar-refractivity contribution < 1.29 is 9.90 Å². The molecule has 0 fully saturated rings. The van der Waals surface area contributed by atoms with E-state index in [1.54, 1.807) is 0 Å². The van der Waals surface area contributed by atoms with Gasteiger partial charge in [-0.25, -0.2) is 0 Å². The summed E-state index contributed by atoms with van der Waals surface area (Å²) in [5.41, 5.74) is 2.68. The lowest BCUT2D eigenvalue weighted by Crippen LogP contribution is -2.23. The minimum absolute atomic E-state index is 0.0962. The van der Waals surface area contributed by atoms with Crippen LogP contribution in [0.15, 0.2) is 12.1 Å². The lowest BCUT2D eigenvalue weighted by molar-refractivity contribution is -0.119. The van der Waals surface area contributed by atoms with E-state index in [0.717, 1.165) is 16.7 Å². The van der Waals surface area contributed by atoms with Crippen molar-refractivity contribution in [3.63, 3.8) is 0 Å². The normalized spacial score (nSPS) is 12.3. The number of hydrogen-bond donors (Lipinski definition) is 2. The number of phenolic OH excluding ortho intramolecular Hbond substituents is 1. The van der Waals surface area contributed by atoms with Gasteiger partial charge in [-0.05, 0) is 26.3 Å². The van der Waals surface area contributed by atoms with Gasteiger partial charge < -0.3 is 10.4 Å². The van der Waals surface area contributed by atoms with Crippen LogP contribution in [-0.4, -0.2) is 11.0 Å². The fourth-order valence-corrected chi connectivity index (χ4v) is 1.71. The third kappa shape index (κ3) is 2.72. The van der Waals surface area contributed by atoms with Crippen molar-refractivity contribution in [3.8, 4) is 5.75 Å². The van der Waals surface area contributed by atoms with Crippen LogP contribution in [0.25, 0.3) is 0 Å². The Morgan fingerprint density at radius 3 is 2.53 bits per heavy atom. The molecule has 0 saturated carbocycles. The third-order valence-corrected chi connectivity index (χ3v) is 2.36. The SMILES string of the molecule is CC(=O)NC(C)c1cc(C)cc(C)c1O. The first-order valence-corrected chi connectivity index (χ1v) is 4.99. The number of hydrogen-bond acceptors (Lipinski definition) is 2. The van der Waals surface area contributed by atoms with Crippen molar-refractivity contribution in [1.82, 2.24) is 5.32 Å². The van der Waals surface area contributed by atoms with Crippen LogP contribution < -0.4 is 5.32 Å². The Hall–Kier alpha value is -1.51. The van der Waals surface area contributed by atoms with E-state index in [-0.39, 0.29) is 17.7 Å². The molecule has 0 aliphatic carbocycles. The lowest BCUT2D eigenvalue weighted by Gasteiger charge is -2.16. The lowest BCUT2D eigenvalue weighted by atomic mass is 10.0. The van der Waals surface area contributed by atoms with Crippen LogP contribution in [0.2, 0.25) is 0 Å². The van der Waals surface area contributed by atoms with Gasteiger partial charge in [0, 0.05) is 12.5 Å². The Kier molecular flexibility index (Phi) is 3.35. The molecule has 0 aliphatic rings. The molecule has 15 heavy (non-hydrogen) atoms. The number of aryl methyl sites for hydroxylation is 2. The van der Waals surface area contributed by atoms with Crippen LogP contribution in [0.4, 0.5) is 0 Å². The molecule has 1 rings (SSSR count). The highest BCUT2D eigenvalue weighted by molar-refractivity contribution is 5.73. The van der Waals surface area contributed by atoms with Crippen molar-refractivity contribution in [2.24, 2.45) is 0 Å². The fraction of sp³-hybridized carbons (Fsp3) is 0.417. The molecule has 0 bridgehead atoms. The minimum Gasteiger partial charge on any atom is -0.507 e. The standard InChI is InChI=1S/C12H17NO2/c1-7-5-8(2)12(15)11(6-7)9(3)13-10(4)14/h5-6,9,15H,1-4H3,(H,13,14). The molecule has 3 heteroatoms. The van der Waals surface area contributed by atoms with Crippen LogP contribution in [0.5, 0.6) is 5.75 Å². The second-order valence-corrected chi connectivity index (χ2v) is 3.94. The first kappa shape index (κ1) is 11.6. The molecule has 82 valence electrons. The van der Waals surface area contributed by atoms with E-state index in [9.17, 15) is 9.90 Å². The molecule has 0 saturated heterocycles. The van der Waals surface area contributed by atoms with E-state index in [1.807, 2.05) is 32.9 Å². The monoisotopic (exact) mass is 207 g/mol. The van der Waals surface area contributed by atoms with Gasteiger partial charge in [0.05, 0.1) is 6.04 Å². The molecule has 1 aromatic carbocycles. The van der Waals surface area contributed by atoms with Gasteiger partial charge in [-0.15, -0.1) is 0 Å². The van der Waals surface area contributed by atoms with E-state index in [0.29, 0.717) is 0 Å². The maximum Gasteiger partial charge on any atom is 0.217 e. The summed E-state index contributed by atoms with van der Waals surface area (Å²) in [5.74, 6) is 0.169. The number of rotatable bonds is 2. The van der Waals surface area contributed by atoms with Crippen LogP contribution in [0.1, 0.15) is 36.6 Å². The van der Waals surface area contributed by atoms with E-state index >= 15 is 0 Å². The molecule has 0 radical (unpaired) electrons. The van der Waals surface area contributed by atoms with Gasteiger partial charge in [-0.2, -0.15) is 0 Å². The largest absolute Gasteiger partial charge is 0.507 e. The molecule has 0 heterocycles. The van der Waals surface area contributed by atoms with Gasteiger partial charge in [0.2, 0.25) is 5.91 Å². The molecule has 3 nitrogen and oxygen atoms in total. The molecule has 0 aliphatic heterocycles. The van der Waals surface area contributed by atoms with Crippen molar-refractivity contribution >= 4 is 5.91 Å². The minimum atomic E-state index is -0.166. The summed E-state index contributed by atoms with van der Waals surface area (Å²) in [4.78, 5) is 10.9. The van der Waals surface area contributed by atoms with Crippen molar-refractivity contribution in [1.29, 1.82) is 0 Å². The van der Waals surface area contributed by atoms with E-state index in [2.05, 4.69) is 5.32 Å². The summed E-state index contributed by atoms with van der Waals surface area (Å²) in [6, 6.07) is 3.64. The molecular formula is C12H17NO2. The fourth-order valence-electron chi connectivity index (χ4n) is 1.71. The highest BCUT2D eigenvalue weighted by Gasteiger charge is 2.13. The summed E-state index contributed by atoms with van der Waals surface area (Å²) >= 11 is 0. The smallest absolute Gasteiger partial charge is 0.217 e. The zero-order valence-electron chi connectivity index (χ0n) is 9.59. The van der Waals surface area contributed by atoms with Crippen LogP contribution >= 0.6 is 0 Å². The molecule has 1 amide bonds. The molecular weight excluding hydrogens is 190 g/mol. The Bertz CT molecular complexity index is 385. The van der Waals surface area contributed by atoms with Gasteiger partial charge >= 0.3 is 0 Å². The quantitative estimate of drug-likeness (QED) is 0.781. The van der Waals surface area contributed by atoms with Crippen LogP contribution in [-0.2, 0) is 4.79 Å². The van der Waals surface area contributed by atoms with E-state index in [1.165, 1.54) is 6.92 Å². The molecule has 1 atom stereocenters. The highest BCUT2D eigenvalue weighted by Crippen LogP contribution is 2.28. The molecule has 0 aromatic heterocycles. The number of benzene rings is 1. The van der Waals surface area contributed by atoms with Gasteiger partial charge in [0.15, 0.2) is 0 Å². The molecule has 1 aromatic rings. The summed E-state index contributed by atoms with van der Waals surface area (Å²) < 4.78 is 0. The van der Waals surface area contributed by atoms with Crippen LogP contribution in [0.3, 0.4) is 0 Å². The van der Waals surface area contributed by atoms with Crippen molar-refractivity contribution in [2.75, 3.05) is 0 Å². The highest BCUT2D eigenvalue weighted by atomic mass is 16.3. The van der Waals surface area contributed by atoms with Crippen molar-refractivity contribution in [2.45, 2.75) is 33.7 Å². The van der Waals surface area contributed by atoms with Gasteiger partial charge in [0.25, 0.3) is 0 Å². The Morgan fingerprint density at radius 2 is 2.00 bits per heavy atom. The topological polar surface area (TPSA) is 49.3 Å². The number of carbonyl (C=O) groups is 1. The first-order chi connectivity index (χ1) is 6.91. The number of nitrogens with one attached hydrogen (secondary N) is 1. The number of aromatic hydroxyl groups is 1. The maximum absolute atomic E-state index is 10.9. The van der Waals surface area contributed by atoms with Gasteiger partial charge in [0.1, 0.15) is 5.75 Å². The summed E-state index contributed by atoms with van der Waals surface area (Å²) in [7, 11) is 0. The molecule has 0 spiro atoms. The predicted octanol–water partition coefficient (Wildman–Crippen LogP) is 2.21. The van der Waals surface area contributed by atoms with Crippen molar-refractivity contribution in [3.05, 3.63) is 28.8 Å². The third-order valence-electron chi connectivity index (χ3n) is 2.36. The van der Waals surface area contributed by atoms with Gasteiger partial charge in [-0.3, -0.25) is 4.79 Å². The maximum atomic E-state index is 10.9. The Labute approximate surface area is 90.1 Å². The zero-order chi connectivity index (χ0) is 11.6. The Balaban J connectivity index is 3.07. The zero-order valence-corrected chi connectivity index (χ0v) is 9.59.